The van der Waals surface area contributed by atoms with Gasteiger partial charge in [0.15, 0.2) is 0 Å². The first-order chi connectivity index (χ1) is 38.9. The molecule has 1 N–H and O–H groups in total. The van der Waals surface area contributed by atoms with Crippen LogP contribution < -0.4 is 10.2 Å². The van der Waals surface area contributed by atoms with E-state index in [1.165, 1.54) is 283 Å². The van der Waals surface area contributed by atoms with Gasteiger partial charge in [-0.3, -0.25) is 14.2 Å². The molecule has 0 aliphatic heterocycles. The van der Waals surface area contributed by atoms with Crippen molar-refractivity contribution in [1.29, 1.82) is 0 Å². The summed E-state index contributed by atoms with van der Waals surface area (Å²) >= 11 is 0. The minimum Gasteiger partial charge on any atom is -0.756 e. The molecule has 80 heavy (non-hydrogen) atoms. The average molecular weight is 1150 g/mol. The Balaban J connectivity index is 4.95. The van der Waals surface area contributed by atoms with Gasteiger partial charge in [-0.15, -0.1) is 0 Å². The van der Waals surface area contributed by atoms with Crippen LogP contribution in [0.1, 0.15) is 374 Å². The number of rotatable bonds is 66. The number of carbonyl (C=O) groups excluding carboxylic acids is 2. The number of likely N-dealkylation sites (N-methyl/N-ethyl adjacent to an activating group) is 1. The molecule has 0 aromatic rings. The van der Waals surface area contributed by atoms with Crippen molar-refractivity contribution in [1.82, 2.24) is 5.32 Å². The fraction of sp³-hybridized carbons (Fsp3) is 0.943. The third-order valence-electron chi connectivity index (χ3n) is 16.5. The second-order valence-corrected chi connectivity index (χ2v) is 27.2. The molecular weight excluding hydrogens is 1010 g/mol. The van der Waals surface area contributed by atoms with Gasteiger partial charge in [0, 0.05) is 12.8 Å². The number of quaternary nitrogens is 1. The Bertz CT molecular complexity index is 1370. The molecule has 3 unspecified atom stereocenters. The number of unbranched alkanes of at least 4 members (excludes halogenated alkanes) is 50. The van der Waals surface area contributed by atoms with Crippen LogP contribution in [-0.4, -0.2) is 69.4 Å². The molecule has 0 aromatic carbocycles. The van der Waals surface area contributed by atoms with E-state index in [1.807, 2.05) is 33.3 Å². The number of hydrogen-bond acceptors (Lipinski definition) is 7. The van der Waals surface area contributed by atoms with Crippen LogP contribution in [0.15, 0.2) is 12.2 Å². The molecule has 476 valence electrons. The van der Waals surface area contributed by atoms with Crippen molar-refractivity contribution < 1.29 is 37.3 Å². The van der Waals surface area contributed by atoms with E-state index in [-0.39, 0.29) is 31.5 Å². The Morgan fingerprint density at radius 1 is 0.425 bits per heavy atom. The smallest absolute Gasteiger partial charge is 0.306 e. The number of esters is 1. The molecular formula is C70H139N2O7P. The number of allylic oxidation sites excluding steroid dienone is 1. The molecule has 9 nitrogen and oxygen atoms in total. The van der Waals surface area contributed by atoms with Crippen molar-refractivity contribution in [2.75, 3.05) is 40.9 Å². The fourth-order valence-electron chi connectivity index (χ4n) is 11.0. The molecule has 0 aliphatic rings. The Morgan fingerprint density at radius 2 is 0.713 bits per heavy atom. The van der Waals surface area contributed by atoms with Crippen LogP contribution in [0, 0.1) is 0 Å². The first-order valence-electron chi connectivity index (χ1n) is 35.5. The van der Waals surface area contributed by atoms with E-state index in [4.69, 9.17) is 13.8 Å². The van der Waals surface area contributed by atoms with E-state index in [0.717, 1.165) is 57.8 Å². The lowest BCUT2D eigenvalue weighted by Crippen LogP contribution is -2.47. The zero-order valence-corrected chi connectivity index (χ0v) is 55.5. The second kappa shape index (κ2) is 60.9. The van der Waals surface area contributed by atoms with E-state index >= 15 is 0 Å². The molecule has 0 rings (SSSR count). The highest BCUT2D eigenvalue weighted by Gasteiger charge is 2.27. The van der Waals surface area contributed by atoms with Gasteiger partial charge in [-0.1, -0.05) is 341 Å². The largest absolute Gasteiger partial charge is 0.756 e. The molecule has 0 radical (unpaired) electrons. The molecule has 3 atom stereocenters. The Labute approximate surface area is 499 Å². The average Bonchev–Trinajstić information content (AvgIpc) is 3.42. The molecule has 0 aliphatic carbocycles. The standard InChI is InChI=1S/C70H139N2O7P/c1-7-10-13-16-19-22-25-28-30-31-32-33-34-35-36-37-38-39-40-41-42-45-48-51-54-57-60-63-70(74)79-68(61-58-55-52-49-46-43-27-24-21-18-15-12-9-3)67(66-78-80(75,76)77-65-64-72(4,5)6)71-69(73)62-59-56-53-50-47-44-29-26-23-20-17-14-11-8-2/h58,61,67-68H,7-57,59-60,62-66H2,1-6H3,(H-,71,73,75,76)/b61-58-. The maximum absolute atomic E-state index is 13.5. The van der Waals surface area contributed by atoms with Crippen molar-refractivity contribution in [2.24, 2.45) is 0 Å². The lowest BCUT2D eigenvalue weighted by atomic mass is 10.0. The van der Waals surface area contributed by atoms with Gasteiger partial charge in [0.25, 0.3) is 7.82 Å². The third-order valence-corrected chi connectivity index (χ3v) is 17.4. The molecule has 1 amide bonds. The first kappa shape index (κ1) is 78.8. The van der Waals surface area contributed by atoms with Crippen LogP contribution in [0.25, 0.3) is 0 Å². The topological polar surface area (TPSA) is 114 Å². The summed E-state index contributed by atoms with van der Waals surface area (Å²) in [7, 11) is 1.21. The predicted molar refractivity (Wildman–Crippen MR) is 344 cm³/mol. The summed E-state index contributed by atoms with van der Waals surface area (Å²) in [6.07, 6.45) is 72.0. The van der Waals surface area contributed by atoms with E-state index in [9.17, 15) is 19.0 Å². The minimum absolute atomic E-state index is 0.0165. The van der Waals surface area contributed by atoms with Crippen molar-refractivity contribution >= 4 is 19.7 Å². The van der Waals surface area contributed by atoms with E-state index in [1.54, 1.807) is 0 Å². The molecule has 10 heteroatoms. The molecule has 0 fully saturated rings. The normalized spacial score (nSPS) is 13.5. The molecule has 0 aromatic heterocycles. The van der Waals surface area contributed by atoms with E-state index in [2.05, 4.69) is 26.1 Å². The van der Waals surface area contributed by atoms with Crippen molar-refractivity contribution in [3.05, 3.63) is 12.2 Å². The zero-order chi connectivity index (χ0) is 58.6. The third kappa shape index (κ3) is 61.3. The summed E-state index contributed by atoms with van der Waals surface area (Å²) in [6, 6.07) is -0.880. The lowest BCUT2D eigenvalue weighted by molar-refractivity contribution is -0.870. The maximum atomic E-state index is 13.5. The Hall–Kier alpha value is -1.25. The lowest BCUT2D eigenvalue weighted by Gasteiger charge is -2.30. The summed E-state index contributed by atoms with van der Waals surface area (Å²) in [6.45, 7) is 6.92. The number of carbonyl (C=O) groups is 2. The highest BCUT2D eigenvalue weighted by atomic mass is 31.2. The summed E-state index contributed by atoms with van der Waals surface area (Å²) in [5, 5.41) is 3.05. The SMILES string of the molecule is CCCCCCCCCCCCC/C=C\C(OC(=O)CCCCCCCCCCCCCCCCCCCCCCCCCCCCC)C(COP(=O)([O-])OCC[N+](C)(C)C)NC(=O)CCCCCCCCCCCCCCCC. The van der Waals surface area contributed by atoms with Crippen LogP contribution in [0.2, 0.25) is 0 Å². The van der Waals surface area contributed by atoms with Crippen molar-refractivity contribution in [3.63, 3.8) is 0 Å². The summed E-state index contributed by atoms with van der Waals surface area (Å²) in [4.78, 5) is 40.1. The van der Waals surface area contributed by atoms with E-state index < -0.39 is 20.0 Å². The number of hydrogen-bond donors (Lipinski definition) is 1. The van der Waals surface area contributed by atoms with Gasteiger partial charge in [-0.05, 0) is 31.8 Å². The van der Waals surface area contributed by atoms with Gasteiger partial charge >= 0.3 is 5.97 Å². The highest BCUT2D eigenvalue weighted by molar-refractivity contribution is 7.45. The monoisotopic (exact) mass is 1150 g/mol. The minimum atomic E-state index is -4.69. The highest BCUT2D eigenvalue weighted by Crippen LogP contribution is 2.38. The Kier molecular flexibility index (Phi) is 59.9. The molecule has 0 saturated carbocycles. The molecule has 0 spiro atoms. The Morgan fingerprint density at radius 3 is 1.02 bits per heavy atom. The van der Waals surface area contributed by atoms with Gasteiger partial charge in [0.1, 0.15) is 19.3 Å². The number of ether oxygens (including phenoxy) is 1. The van der Waals surface area contributed by atoms with Crippen LogP contribution in [0.5, 0.6) is 0 Å². The fourth-order valence-corrected chi connectivity index (χ4v) is 11.7. The van der Waals surface area contributed by atoms with Crippen LogP contribution >= 0.6 is 7.82 Å². The first-order valence-corrected chi connectivity index (χ1v) is 37.0. The summed E-state index contributed by atoms with van der Waals surface area (Å²) < 4.78 is 30.4. The second-order valence-electron chi connectivity index (χ2n) is 25.8. The van der Waals surface area contributed by atoms with E-state index in [0.29, 0.717) is 17.4 Å². The van der Waals surface area contributed by atoms with Crippen LogP contribution in [-0.2, 0) is 27.9 Å². The van der Waals surface area contributed by atoms with Gasteiger partial charge in [0.2, 0.25) is 5.91 Å². The van der Waals surface area contributed by atoms with Crippen molar-refractivity contribution in [2.45, 2.75) is 386 Å². The van der Waals surface area contributed by atoms with Crippen LogP contribution in [0.3, 0.4) is 0 Å². The van der Waals surface area contributed by atoms with Gasteiger partial charge in [-0.2, -0.15) is 0 Å². The number of amides is 1. The van der Waals surface area contributed by atoms with Crippen LogP contribution in [0.4, 0.5) is 0 Å². The predicted octanol–water partition coefficient (Wildman–Crippen LogP) is 21.7. The summed E-state index contributed by atoms with van der Waals surface area (Å²) in [5.74, 6) is -0.515. The van der Waals surface area contributed by atoms with Gasteiger partial charge < -0.3 is 28.5 Å². The molecule has 0 bridgehead atoms. The number of phosphoric ester groups is 1. The quantitative estimate of drug-likeness (QED) is 0.0212. The molecule has 0 heterocycles. The maximum Gasteiger partial charge on any atom is 0.306 e. The van der Waals surface area contributed by atoms with Gasteiger partial charge in [-0.25, -0.2) is 0 Å². The molecule has 0 saturated heterocycles. The summed E-state index contributed by atoms with van der Waals surface area (Å²) in [5.41, 5.74) is 0. The zero-order valence-electron chi connectivity index (χ0n) is 54.6. The van der Waals surface area contributed by atoms with Gasteiger partial charge in [0.05, 0.1) is 33.8 Å². The van der Waals surface area contributed by atoms with Crippen molar-refractivity contribution in [3.8, 4) is 0 Å². The number of nitrogens with one attached hydrogen (secondary N) is 1. The number of nitrogens with zero attached hydrogens (tertiary/aromatic N) is 1. The number of phosphoric acid groups is 1.